The van der Waals surface area contributed by atoms with Gasteiger partial charge < -0.3 is 10.1 Å². The largest absolute Gasteiger partial charge is 0.497 e. The first-order chi connectivity index (χ1) is 7.60. The molecular formula is C13H18N2O. The number of rotatable bonds is 5. The third-order valence-electron chi connectivity index (χ3n) is 2.62. The molecule has 0 aliphatic rings. The summed E-state index contributed by atoms with van der Waals surface area (Å²) in [4.78, 5) is 0. The van der Waals surface area contributed by atoms with Gasteiger partial charge in [-0.25, -0.2) is 0 Å². The first-order valence-electron chi connectivity index (χ1n) is 5.32. The summed E-state index contributed by atoms with van der Waals surface area (Å²) in [6.07, 6.45) is 0. The van der Waals surface area contributed by atoms with Crippen molar-refractivity contribution in [3.05, 3.63) is 29.8 Å². The Morgan fingerprint density at radius 1 is 1.44 bits per heavy atom. The number of methoxy groups -OCH3 is 1. The zero-order valence-corrected chi connectivity index (χ0v) is 10.1. The van der Waals surface area contributed by atoms with Crippen molar-refractivity contribution in [2.45, 2.75) is 19.3 Å². The molecule has 0 aliphatic heterocycles. The predicted octanol–water partition coefficient (Wildman–Crippen LogP) is 2.09. The van der Waals surface area contributed by atoms with Crippen LogP contribution >= 0.6 is 0 Å². The zero-order chi connectivity index (χ0) is 12.0. The van der Waals surface area contributed by atoms with E-state index in [4.69, 9.17) is 10.00 Å². The lowest BCUT2D eigenvalue weighted by Crippen LogP contribution is -2.33. The van der Waals surface area contributed by atoms with Crippen LogP contribution in [-0.4, -0.2) is 20.2 Å². The molecule has 16 heavy (non-hydrogen) atoms. The highest BCUT2D eigenvalue weighted by atomic mass is 16.5. The molecule has 86 valence electrons. The number of nitriles is 1. The highest BCUT2D eigenvalue weighted by Crippen LogP contribution is 2.25. The average Bonchev–Trinajstić information content (AvgIpc) is 2.29. The smallest absolute Gasteiger partial charge is 0.119 e. The Hall–Kier alpha value is -1.53. The molecular weight excluding hydrogens is 200 g/mol. The molecule has 0 saturated heterocycles. The summed E-state index contributed by atoms with van der Waals surface area (Å²) >= 11 is 0. The number of ether oxygens (including phenoxy) is 1. The predicted molar refractivity (Wildman–Crippen MR) is 64.5 cm³/mol. The van der Waals surface area contributed by atoms with Crippen molar-refractivity contribution < 1.29 is 4.74 Å². The molecule has 0 radical (unpaired) electrons. The van der Waals surface area contributed by atoms with Gasteiger partial charge in [0.15, 0.2) is 0 Å². The standard InChI is InChI=1S/C13H18N2O/c1-13(2,10-15-8-7-14)11-5-4-6-12(9-11)16-3/h4-6,9,15H,8,10H2,1-3H3. The van der Waals surface area contributed by atoms with Gasteiger partial charge in [0.05, 0.1) is 19.7 Å². The summed E-state index contributed by atoms with van der Waals surface area (Å²) < 4.78 is 5.20. The zero-order valence-electron chi connectivity index (χ0n) is 10.1. The molecule has 0 amide bonds. The summed E-state index contributed by atoms with van der Waals surface area (Å²) in [7, 11) is 1.67. The van der Waals surface area contributed by atoms with Crippen molar-refractivity contribution in [2.75, 3.05) is 20.2 Å². The Labute approximate surface area is 97.0 Å². The lowest BCUT2D eigenvalue weighted by molar-refractivity contribution is 0.411. The lowest BCUT2D eigenvalue weighted by atomic mass is 9.84. The summed E-state index contributed by atoms with van der Waals surface area (Å²) in [6.45, 7) is 5.44. The van der Waals surface area contributed by atoms with Gasteiger partial charge in [-0.1, -0.05) is 26.0 Å². The first-order valence-corrected chi connectivity index (χ1v) is 5.32. The second-order valence-corrected chi connectivity index (χ2v) is 4.38. The van der Waals surface area contributed by atoms with Crippen LogP contribution in [0.4, 0.5) is 0 Å². The van der Waals surface area contributed by atoms with Crippen molar-refractivity contribution in [3.63, 3.8) is 0 Å². The van der Waals surface area contributed by atoms with Gasteiger partial charge in [-0.2, -0.15) is 5.26 Å². The molecule has 0 unspecified atom stereocenters. The maximum Gasteiger partial charge on any atom is 0.119 e. The van der Waals surface area contributed by atoms with Crippen molar-refractivity contribution in [2.24, 2.45) is 0 Å². The van der Waals surface area contributed by atoms with Crippen molar-refractivity contribution in [1.82, 2.24) is 5.32 Å². The van der Waals surface area contributed by atoms with Crippen LogP contribution in [0.1, 0.15) is 19.4 Å². The molecule has 3 heteroatoms. The van der Waals surface area contributed by atoms with Crippen molar-refractivity contribution in [1.29, 1.82) is 5.26 Å². The topological polar surface area (TPSA) is 45.0 Å². The van der Waals surface area contributed by atoms with Gasteiger partial charge in [0, 0.05) is 12.0 Å². The maximum atomic E-state index is 8.48. The molecule has 3 nitrogen and oxygen atoms in total. The fourth-order valence-electron chi connectivity index (χ4n) is 1.58. The minimum atomic E-state index is -0.00854. The lowest BCUT2D eigenvalue weighted by Gasteiger charge is -2.25. The van der Waals surface area contributed by atoms with Gasteiger partial charge in [-0.05, 0) is 17.7 Å². The summed E-state index contributed by atoms with van der Waals surface area (Å²) in [5.41, 5.74) is 1.20. The SMILES string of the molecule is COc1cccc(C(C)(C)CNCC#N)c1. The molecule has 0 saturated carbocycles. The van der Waals surface area contributed by atoms with Crippen LogP contribution in [0, 0.1) is 11.3 Å². The number of nitrogens with one attached hydrogen (secondary N) is 1. The van der Waals surface area contributed by atoms with E-state index >= 15 is 0 Å². The normalized spacial score (nSPS) is 10.9. The van der Waals surface area contributed by atoms with Crippen molar-refractivity contribution in [3.8, 4) is 11.8 Å². The molecule has 0 bridgehead atoms. The molecule has 1 N–H and O–H groups in total. The minimum Gasteiger partial charge on any atom is -0.497 e. The molecule has 0 atom stereocenters. The quantitative estimate of drug-likeness (QED) is 0.608. The maximum absolute atomic E-state index is 8.48. The Balaban J connectivity index is 2.76. The molecule has 1 aromatic carbocycles. The fourth-order valence-corrected chi connectivity index (χ4v) is 1.58. The minimum absolute atomic E-state index is 0.00854. The Bertz CT molecular complexity index is 380. The van der Waals surface area contributed by atoms with Crippen LogP contribution in [-0.2, 0) is 5.41 Å². The van der Waals surface area contributed by atoms with Gasteiger partial charge in [-0.15, -0.1) is 0 Å². The Morgan fingerprint density at radius 3 is 2.81 bits per heavy atom. The second-order valence-electron chi connectivity index (χ2n) is 4.38. The second kappa shape index (κ2) is 5.53. The van der Waals surface area contributed by atoms with E-state index in [1.807, 2.05) is 18.2 Å². The van der Waals surface area contributed by atoms with E-state index in [-0.39, 0.29) is 5.41 Å². The summed E-state index contributed by atoms with van der Waals surface area (Å²) in [6, 6.07) is 10.1. The van der Waals surface area contributed by atoms with Gasteiger partial charge in [0.2, 0.25) is 0 Å². The third kappa shape index (κ3) is 3.25. The third-order valence-corrected chi connectivity index (χ3v) is 2.62. The van der Waals surface area contributed by atoms with E-state index in [0.29, 0.717) is 6.54 Å². The molecule has 0 spiro atoms. The van der Waals surface area contributed by atoms with Crippen molar-refractivity contribution >= 4 is 0 Å². The fraction of sp³-hybridized carbons (Fsp3) is 0.462. The first kappa shape index (κ1) is 12.5. The van der Waals surface area contributed by atoms with Crippen LogP contribution in [0.5, 0.6) is 5.75 Å². The molecule has 1 rings (SSSR count). The highest BCUT2D eigenvalue weighted by Gasteiger charge is 2.20. The molecule has 0 aliphatic carbocycles. The van der Waals surface area contributed by atoms with Gasteiger partial charge in [-0.3, -0.25) is 0 Å². The summed E-state index contributed by atoms with van der Waals surface area (Å²) in [5.74, 6) is 0.867. The number of benzene rings is 1. The van der Waals surface area contributed by atoms with Crippen LogP contribution in [0.2, 0.25) is 0 Å². The van der Waals surface area contributed by atoms with E-state index in [9.17, 15) is 0 Å². The van der Waals surface area contributed by atoms with Crippen LogP contribution < -0.4 is 10.1 Å². The summed E-state index contributed by atoms with van der Waals surface area (Å²) in [5, 5.41) is 11.6. The van der Waals surface area contributed by atoms with Crippen LogP contribution in [0.25, 0.3) is 0 Å². The van der Waals surface area contributed by atoms with E-state index in [1.54, 1.807) is 7.11 Å². The van der Waals surface area contributed by atoms with E-state index in [0.717, 1.165) is 12.3 Å². The van der Waals surface area contributed by atoms with Crippen LogP contribution in [0.15, 0.2) is 24.3 Å². The van der Waals surface area contributed by atoms with E-state index in [2.05, 4.69) is 31.3 Å². The number of hydrogen-bond donors (Lipinski definition) is 1. The molecule has 1 aromatic rings. The molecule has 0 heterocycles. The number of nitrogens with zero attached hydrogens (tertiary/aromatic N) is 1. The molecule has 0 fully saturated rings. The van der Waals surface area contributed by atoms with Gasteiger partial charge in [0.1, 0.15) is 5.75 Å². The van der Waals surface area contributed by atoms with Gasteiger partial charge in [0.25, 0.3) is 0 Å². The van der Waals surface area contributed by atoms with E-state index in [1.165, 1.54) is 5.56 Å². The Morgan fingerprint density at radius 2 is 2.19 bits per heavy atom. The van der Waals surface area contributed by atoms with E-state index < -0.39 is 0 Å². The van der Waals surface area contributed by atoms with Gasteiger partial charge >= 0.3 is 0 Å². The Kier molecular flexibility index (Phi) is 4.33. The monoisotopic (exact) mass is 218 g/mol. The highest BCUT2D eigenvalue weighted by molar-refractivity contribution is 5.33. The number of hydrogen-bond acceptors (Lipinski definition) is 3. The van der Waals surface area contributed by atoms with Crippen LogP contribution in [0.3, 0.4) is 0 Å². The molecule has 0 aromatic heterocycles. The average molecular weight is 218 g/mol.